The van der Waals surface area contributed by atoms with Crippen molar-refractivity contribution >= 4 is 11.7 Å². The van der Waals surface area contributed by atoms with Crippen LogP contribution in [0.5, 0.6) is 0 Å². The lowest BCUT2D eigenvalue weighted by atomic mass is 10.2. The number of likely N-dealkylation sites (N-methyl/N-ethyl adjacent to an activating group) is 1. The van der Waals surface area contributed by atoms with E-state index in [2.05, 4.69) is 0 Å². The highest BCUT2D eigenvalue weighted by Gasteiger charge is 2.17. The van der Waals surface area contributed by atoms with Crippen LogP contribution in [0.1, 0.15) is 6.92 Å². The molecule has 0 radical (unpaired) electrons. The average Bonchev–Trinajstić information content (AvgIpc) is 2.19. The fourth-order valence-corrected chi connectivity index (χ4v) is 1.15. The second kappa shape index (κ2) is 4.16. The van der Waals surface area contributed by atoms with Crippen molar-refractivity contribution in [2.24, 2.45) is 7.05 Å². The second-order valence-electron chi connectivity index (χ2n) is 3.46. The van der Waals surface area contributed by atoms with Gasteiger partial charge in [-0.15, -0.1) is 0 Å². The van der Waals surface area contributed by atoms with Crippen molar-refractivity contribution in [2.45, 2.75) is 13.0 Å². The number of carboxylic acid groups (broad SMARTS) is 1. The van der Waals surface area contributed by atoms with Crippen LogP contribution in [-0.4, -0.2) is 28.7 Å². The maximum Gasteiger partial charge on any atom is 0.326 e. The molecule has 0 saturated carbocycles. The van der Waals surface area contributed by atoms with E-state index in [1.165, 1.54) is 10.6 Å². The van der Waals surface area contributed by atoms with Gasteiger partial charge in [0.2, 0.25) is 0 Å². The first-order chi connectivity index (χ1) is 6.93. The summed E-state index contributed by atoms with van der Waals surface area (Å²) in [5.41, 5.74) is 0.449. The van der Waals surface area contributed by atoms with E-state index in [0.29, 0.717) is 5.69 Å². The van der Waals surface area contributed by atoms with Crippen molar-refractivity contribution in [3.05, 3.63) is 28.7 Å². The molecule has 1 N–H and O–H groups in total. The third kappa shape index (κ3) is 2.37. The zero-order valence-corrected chi connectivity index (χ0v) is 8.97. The molecule has 1 atom stereocenters. The third-order valence-corrected chi connectivity index (χ3v) is 2.43. The number of carboxylic acids is 1. The number of aromatic nitrogens is 1. The minimum Gasteiger partial charge on any atom is -0.480 e. The van der Waals surface area contributed by atoms with E-state index in [4.69, 9.17) is 5.11 Å². The van der Waals surface area contributed by atoms with Crippen LogP contribution in [0, 0.1) is 0 Å². The van der Waals surface area contributed by atoms with Crippen LogP contribution in [0.2, 0.25) is 0 Å². The van der Waals surface area contributed by atoms with Crippen LogP contribution in [0.4, 0.5) is 5.69 Å². The Morgan fingerprint density at radius 1 is 1.60 bits per heavy atom. The number of aryl methyl sites for hydroxylation is 1. The summed E-state index contributed by atoms with van der Waals surface area (Å²) >= 11 is 0. The lowest BCUT2D eigenvalue weighted by Crippen LogP contribution is -2.36. The lowest BCUT2D eigenvalue weighted by molar-refractivity contribution is -0.138. The Hall–Kier alpha value is -1.78. The van der Waals surface area contributed by atoms with Crippen molar-refractivity contribution in [1.29, 1.82) is 0 Å². The highest BCUT2D eigenvalue weighted by Crippen LogP contribution is 2.11. The third-order valence-electron chi connectivity index (χ3n) is 2.43. The molecule has 1 aromatic rings. The molecular formula is C10H14N2O3. The van der Waals surface area contributed by atoms with Gasteiger partial charge in [-0.3, -0.25) is 4.79 Å². The highest BCUT2D eigenvalue weighted by atomic mass is 16.4. The second-order valence-corrected chi connectivity index (χ2v) is 3.46. The van der Waals surface area contributed by atoms with Gasteiger partial charge in [0.05, 0.1) is 0 Å². The van der Waals surface area contributed by atoms with E-state index in [1.807, 2.05) is 0 Å². The molecule has 1 aromatic heterocycles. The molecule has 82 valence electrons. The molecule has 0 amide bonds. The number of carbonyl (C=O) groups is 1. The maximum absolute atomic E-state index is 11.3. The Kier molecular flexibility index (Phi) is 3.14. The van der Waals surface area contributed by atoms with Gasteiger partial charge in [0, 0.05) is 32.0 Å². The molecule has 0 saturated heterocycles. The molecule has 1 unspecified atom stereocenters. The first kappa shape index (κ1) is 11.3. The van der Waals surface area contributed by atoms with Crippen molar-refractivity contribution in [2.75, 3.05) is 11.9 Å². The largest absolute Gasteiger partial charge is 0.480 e. The molecule has 0 aliphatic carbocycles. The van der Waals surface area contributed by atoms with Crippen LogP contribution in [-0.2, 0) is 11.8 Å². The quantitative estimate of drug-likeness (QED) is 0.779. The number of hydrogen-bond donors (Lipinski definition) is 1. The summed E-state index contributed by atoms with van der Waals surface area (Å²) < 4.78 is 1.43. The maximum atomic E-state index is 11.3. The van der Waals surface area contributed by atoms with Crippen LogP contribution in [0.3, 0.4) is 0 Å². The summed E-state index contributed by atoms with van der Waals surface area (Å²) in [6, 6.07) is 2.47. The van der Waals surface area contributed by atoms with Crippen LogP contribution in [0.15, 0.2) is 23.1 Å². The predicted octanol–water partition coefficient (Wildman–Crippen LogP) is 0.295. The van der Waals surface area contributed by atoms with Crippen LogP contribution < -0.4 is 10.5 Å². The van der Waals surface area contributed by atoms with E-state index in [-0.39, 0.29) is 5.56 Å². The summed E-state index contributed by atoms with van der Waals surface area (Å²) in [6.07, 6.45) is 1.61. The molecule has 0 spiro atoms. The van der Waals surface area contributed by atoms with Gasteiger partial charge in [-0.25, -0.2) is 4.79 Å². The van der Waals surface area contributed by atoms with E-state index >= 15 is 0 Å². The molecule has 0 aliphatic rings. The van der Waals surface area contributed by atoms with E-state index in [9.17, 15) is 9.59 Å². The standard InChI is InChI=1S/C10H14N2O3/c1-7(10(14)15)12(3)8-4-5-11(2)9(13)6-8/h4-7H,1-3H3,(H,14,15). The molecule has 15 heavy (non-hydrogen) atoms. The summed E-state index contributed by atoms with van der Waals surface area (Å²) in [5, 5.41) is 8.81. The van der Waals surface area contributed by atoms with Crippen molar-refractivity contribution in [3.63, 3.8) is 0 Å². The number of anilines is 1. The molecule has 1 heterocycles. The smallest absolute Gasteiger partial charge is 0.326 e. The average molecular weight is 210 g/mol. The van der Waals surface area contributed by atoms with Gasteiger partial charge in [0.25, 0.3) is 5.56 Å². The summed E-state index contributed by atoms with van der Waals surface area (Å²) in [7, 11) is 3.29. The monoisotopic (exact) mass is 210 g/mol. The minimum atomic E-state index is -0.918. The number of pyridine rings is 1. The van der Waals surface area contributed by atoms with Gasteiger partial charge in [-0.1, -0.05) is 0 Å². The molecule has 5 heteroatoms. The van der Waals surface area contributed by atoms with Crippen molar-refractivity contribution in [1.82, 2.24) is 4.57 Å². The van der Waals surface area contributed by atoms with Crippen molar-refractivity contribution in [3.8, 4) is 0 Å². The highest BCUT2D eigenvalue weighted by molar-refractivity contribution is 5.77. The summed E-state index contributed by atoms with van der Waals surface area (Å²) in [6.45, 7) is 1.57. The first-order valence-electron chi connectivity index (χ1n) is 4.56. The van der Waals surface area contributed by atoms with E-state index in [1.54, 1.807) is 38.2 Å². The zero-order valence-electron chi connectivity index (χ0n) is 8.97. The SMILES string of the molecule is CC(C(=O)O)N(C)c1ccn(C)c(=O)c1. The number of aliphatic carboxylic acids is 1. The van der Waals surface area contributed by atoms with Gasteiger partial charge < -0.3 is 14.6 Å². The normalized spacial score (nSPS) is 12.2. The van der Waals surface area contributed by atoms with Crippen LogP contribution in [0.25, 0.3) is 0 Å². The van der Waals surface area contributed by atoms with Crippen molar-refractivity contribution < 1.29 is 9.90 Å². The minimum absolute atomic E-state index is 0.156. The molecule has 1 rings (SSSR count). The lowest BCUT2D eigenvalue weighted by Gasteiger charge is -2.23. The van der Waals surface area contributed by atoms with Gasteiger partial charge >= 0.3 is 5.97 Å². The number of rotatable bonds is 3. The number of nitrogens with zero attached hydrogens (tertiary/aromatic N) is 2. The van der Waals surface area contributed by atoms with E-state index in [0.717, 1.165) is 0 Å². The molecule has 0 aliphatic heterocycles. The fraction of sp³-hybridized carbons (Fsp3) is 0.400. The Bertz CT molecular complexity index is 425. The molecule has 5 nitrogen and oxygen atoms in total. The molecule has 0 aromatic carbocycles. The fourth-order valence-electron chi connectivity index (χ4n) is 1.15. The molecule has 0 fully saturated rings. The van der Waals surface area contributed by atoms with Gasteiger partial charge in [-0.05, 0) is 13.0 Å². The first-order valence-corrected chi connectivity index (χ1v) is 4.56. The van der Waals surface area contributed by atoms with Gasteiger partial charge in [-0.2, -0.15) is 0 Å². The van der Waals surface area contributed by atoms with Gasteiger partial charge in [0.15, 0.2) is 0 Å². The zero-order chi connectivity index (χ0) is 11.6. The number of hydrogen-bond acceptors (Lipinski definition) is 3. The Morgan fingerprint density at radius 2 is 2.20 bits per heavy atom. The van der Waals surface area contributed by atoms with Gasteiger partial charge in [0.1, 0.15) is 6.04 Å². The summed E-state index contributed by atoms with van der Waals surface area (Å²) in [4.78, 5) is 23.6. The Morgan fingerprint density at radius 3 is 2.67 bits per heavy atom. The Labute approximate surface area is 87.6 Å². The van der Waals surface area contributed by atoms with Crippen LogP contribution >= 0.6 is 0 Å². The summed E-state index contributed by atoms with van der Waals surface area (Å²) in [5.74, 6) is -0.918. The van der Waals surface area contributed by atoms with E-state index < -0.39 is 12.0 Å². The molecular weight excluding hydrogens is 196 g/mol. The topological polar surface area (TPSA) is 62.5 Å². The Balaban J connectivity index is 3.01. The predicted molar refractivity (Wildman–Crippen MR) is 57.2 cm³/mol. The molecule has 0 bridgehead atoms.